The molecular formula is C51H56O11. The first kappa shape index (κ1) is 44.5. The molecule has 0 unspecified atom stereocenters. The van der Waals surface area contributed by atoms with Crippen molar-refractivity contribution in [2.75, 3.05) is 26.6 Å². The van der Waals surface area contributed by atoms with Gasteiger partial charge in [0.25, 0.3) is 0 Å². The molecule has 11 nitrogen and oxygen atoms in total. The zero-order valence-electron chi connectivity index (χ0n) is 35.6. The molecule has 0 spiro atoms. The maximum absolute atomic E-state index is 14.5. The average molecular weight is 845 g/mol. The van der Waals surface area contributed by atoms with Crippen LogP contribution in [0.5, 0.6) is 5.75 Å². The summed E-state index contributed by atoms with van der Waals surface area (Å²) in [6.45, 7) is 4.01. The van der Waals surface area contributed by atoms with Crippen molar-refractivity contribution in [1.29, 1.82) is 0 Å². The lowest BCUT2D eigenvalue weighted by atomic mass is 9.86. The fraction of sp³-hybridized carbons (Fsp3) is 0.392. The van der Waals surface area contributed by atoms with Gasteiger partial charge < -0.3 is 38.7 Å². The van der Waals surface area contributed by atoms with E-state index in [0.29, 0.717) is 48.0 Å². The van der Waals surface area contributed by atoms with Crippen LogP contribution >= 0.6 is 0 Å². The second-order valence-corrected chi connectivity index (χ2v) is 17.1. The lowest BCUT2D eigenvalue weighted by Gasteiger charge is -2.43. The van der Waals surface area contributed by atoms with Crippen LogP contribution in [0.25, 0.3) is 11.0 Å². The van der Waals surface area contributed by atoms with E-state index >= 15 is 0 Å². The van der Waals surface area contributed by atoms with Crippen LogP contribution in [0.4, 0.5) is 0 Å². The van der Waals surface area contributed by atoms with Gasteiger partial charge in [-0.1, -0.05) is 78.9 Å². The topological polar surface area (TPSA) is 162 Å². The van der Waals surface area contributed by atoms with Gasteiger partial charge in [0.15, 0.2) is 12.2 Å². The van der Waals surface area contributed by atoms with Gasteiger partial charge in [-0.3, -0.25) is 4.79 Å². The van der Waals surface area contributed by atoms with Crippen molar-refractivity contribution >= 4 is 22.9 Å². The van der Waals surface area contributed by atoms with Gasteiger partial charge in [-0.2, -0.15) is 0 Å². The number of fused-ring (bicyclic) bond motifs is 13. The number of benzene rings is 4. The van der Waals surface area contributed by atoms with Gasteiger partial charge in [-0.05, 0) is 123 Å². The van der Waals surface area contributed by atoms with Gasteiger partial charge in [-0.15, -0.1) is 0 Å². The number of aliphatic hydroxyl groups is 3. The van der Waals surface area contributed by atoms with E-state index in [1.165, 1.54) is 16.7 Å². The minimum Gasteiger partial charge on any atom is -0.483 e. The second-order valence-electron chi connectivity index (χ2n) is 17.1. The number of ether oxygens (including phenoxy) is 4. The first-order chi connectivity index (χ1) is 30.0. The summed E-state index contributed by atoms with van der Waals surface area (Å²) in [7, 11) is 0. The summed E-state index contributed by atoms with van der Waals surface area (Å²) in [5, 5.41) is 29.8. The molecule has 62 heavy (non-hydrogen) atoms. The minimum absolute atomic E-state index is 0.0266. The van der Waals surface area contributed by atoms with Crippen molar-refractivity contribution in [2.24, 2.45) is 5.92 Å². The molecule has 2 bridgehead atoms. The number of carbonyl (C=O) groups is 2. The molecule has 1 aromatic heterocycles. The smallest absolute Gasteiger partial charge is 0.339 e. The lowest BCUT2D eigenvalue weighted by molar-refractivity contribution is -0.188. The van der Waals surface area contributed by atoms with Gasteiger partial charge in [0.05, 0.1) is 18.8 Å². The van der Waals surface area contributed by atoms with Crippen LogP contribution in [0.2, 0.25) is 0 Å². The molecule has 3 N–H and O–H groups in total. The number of rotatable bonds is 12. The summed E-state index contributed by atoms with van der Waals surface area (Å²) < 4.78 is 30.6. The number of aryl methyl sites for hydroxylation is 2. The van der Waals surface area contributed by atoms with E-state index in [-0.39, 0.29) is 55.3 Å². The number of hydrogen-bond acceptors (Lipinski definition) is 11. The third-order valence-electron chi connectivity index (χ3n) is 12.1. The Morgan fingerprint density at radius 2 is 1.56 bits per heavy atom. The summed E-state index contributed by atoms with van der Waals surface area (Å²) >= 11 is 0. The first-order valence-electron chi connectivity index (χ1n) is 21.4. The Balaban J connectivity index is 1.27. The van der Waals surface area contributed by atoms with Crippen LogP contribution in [0.1, 0.15) is 97.4 Å². The van der Waals surface area contributed by atoms with Crippen molar-refractivity contribution in [3.8, 4) is 5.75 Å². The molecule has 5 aromatic rings. The molecule has 0 amide bonds. The quantitative estimate of drug-likeness (QED) is 0.0491. The third-order valence-corrected chi connectivity index (χ3v) is 12.1. The Kier molecular flexibility index (Phi) is 14.4. The van der Waals surface area contributed by atoms with Crippen LogP contribution in [0.15, 0.2) is 117 Å². The van der Waals surface area contributed by atoms with Gasteiger partial charge >= 0.3 is 17.6 Å². The van der Waals surface area contributed by atoms with Crippen molar-refractivity contribution in [1.82, 2.24) is 0 Å². The predicted octanol–water partition coefficient (Wildman–Crippen LogP) is 7.62. The molecule has 11 heteroatoms. The summed E-state index contributed by atoms with van der Waals surface area (Å²) in [5.74, 6) is -1.60. The van der Waals surface area contributed by atoms with Crippen LogP contribution in [-0.2, 0) is 49.5 Å². The molecule has 326 valence electrons. The highest BCUT2D eigenvalue weighted by molar-refractivity contribution is 5.90. The van der Waals surface area contributed by atoms with Gasteiger partial charge in [0, 0.05) is 35.5 Å². The standard InChI is InChI=1S/C51H56O11/c1-32(29-53)41-20-18-33-12-14-36(15-13-33)26-38(17-16-35-10-7-11-37(25-35)24-34-8-5-4-6-9-34)27-44(55)59-47-45-43(62-51(2,3)48(47)61-49(41)56)21-19-39-28-42(50(57)60-46(39)45)40(22-23-52)30-58-31-54/h4-15,19,21,25,28,38,40,47-48,52-54H,16-18,20,22-24,26-27,29-31H2,1-3H3/t38-,40+,47-,48-/m0/s1. The van der Waals surface area contributed by atoms with Gasteiger partial charge in [0.1, 0.15) is 23.7 Å². The fourth-order valence-electron chi connectivity index (χ4n) is 8.72. The van der Waals surface area contributed by atoms with E-state index in [4.69, 9.17) is 23.4 Å². The van der Waals surface area contributed by atoms with Gasteiger partial charge in [-0.25, -0.2) is 9.59 Å². The Morgan fingerprint density at radius 1 is 0.823 bits per heavy atom. The molecule has 3 aliphatic heterocycles. The summed E-state index contributed by atoms with van der Waals surface area (Å²) in [6.07, 6.45) is 1.47. The third kappa shape index (κ3) is 10.5. The number of aliphatic hydroxyl groups excluding tert-OH is 3. The van der Waals surface area contributed by atoms with E-state index in [1.54, 1.807) is 39.0 Å². The molecule has 8 rings (SSSR count). The van der Waals surface area contributed by atoms with Crippen LogP contribution < -0.4 is 10.4 Å². The van der Waals surface area contributed by atoms with E-state index in [9.17, 15) is 29.7 Å². The average Bonchev–Trinajstić information content (AvgIpc) is 3.25. The second kappa shape index (κ2) is 20.1. The highest BCUT2D eigenvalue weighted by atomic mass is 16.6. The minimum atomic E-state index is -1.26. The fourth-order valence-corrected chi connectivity index (χ4v) is 8.72. The molecule has 4 heterocycles. The largest absolute Gasteiger partial charge is 0.483 e. The first-order valence-corrected chi connectivity index (χ1v) is 21.4. The predicted molar refractivity (Wildman–Crippen MR) is 234 cm³/mol. The van der Waals surface area contributed by atoms with E-state index in [2.05, 4.69) is 48.5 Å². The highest BCUT2D eigenvalue weighted by Gasteiger charge is 2.50. The molecular weight excluding hydrogens is 789 g/mol. The van der Waals surface area contributed by atoms with Crippen molar-refractivity contribution in [3.05, 3.63) is 158 Å². The SMILES string of the molecule is CC(CO)=C1CCc2ccc(cc2)C[C@H](CCc2cccc(Cc3ccccc3)c2)CC(=O)O[C@H]2c3c(ccc4cc([C@H](CCO)COCO)c(=O)oc34)OC(C)(C)[C@H]2OC1=O. The number of hydrogen-bond donors (Lipinski definition) is 3. The van der Waals surface area contributed by atoms with E-state index in [0.717, 1.165) is 24.0 Å². The number of carbonyl (C=O) groups excluding carboxylic acids is 2. The van der Waals surface area contributed by atoms with Crippen LogP contribution in [0, 0.1) is 5.92 Å². The Hall–Kier alpha value is -5.59. The Bertz CT molecular complexity index is 2430. The molecule has 4 aromatic carbocycles. The van der Waals surface area contributed by atoms with Crippen LogP contribution in [-0.4, -0.2) is 65.6 Å². The Morgan fingerprint density at radius 3 is 2.31 bits per heavy atom. The summed E-state index contributed by atoms with van der Waals surface area (Å²) in [4.78, 5) is 42.5. The molecule has 4 atom stereocenters. The molecule has 0 radical (unpaired) electrons. The zero-order valence-corrected chi connectivity index (χ0v) is 35.6. The normalized spacial score (nSPS) is 20.4. The van der Waals surface area contributed by atoms with Crippen molar-refractivity contribution in [2.45, 2.75) is 95.9 Å². The summed E-state index contributed by atoms with van der Waals surface area (Å²) in [5.41, 5.74) is 5.11. The number of esters is 2. The highest BCUT2D eigenvalue weighted by Crippen LogP contribution is 2.47. The van der Waals surface area contributed by atoms with Gasteiger partial charge in [0.2, 0.25) is 0 Å². The molecule has 0 aliphatic carbocycles. The summed E-state index contributed by atoms with van der Waals surface area (Å²) in [6, 6.07) is 32.2. The van der Waals surface area contributed by atoms with E-state index in [1.807, 2.05) is 30.3 Å². The molecule has 0 saturated carbocycles. The van der Waals surface area contributed by atoms with Crippen LogP contribution in [0.3, 0.4) is 0 Å². The molecule has 0 saturated heterocycles. The zero-order chi connectivity index (χ0) is 43.8. The maximum atomic E-state index is 14.5. The monoisotopic (exact) mass is 844 g/mol. The maximum Gasteiger partial charge on any atom is 0.339 e. The van der Waals surface area contributed by atoms with E-state index < -0.39 is 48.1 Å². The van der Waals surface area contributed by atoms with Crippen molar-refractivity contribution in [3.63, 3.8) is 0 Å². The molecule has 3 aliphatic rings. The lowest BCUT2D eigenvalue weighted by Crippen LogP contribution is -2.52. The Labute approximate surface area is 361 Å². The molecule has 0 fully saturated rings. The van der Waals surface area contributed by atoms with Crippen molar-refractivity contribution < 1.29 is 48.3 Å².